The van der Waals surface area contributed by atoms with Gasteiger partial charge in [0.25, 0.3) is 5.91 Å². The zero-order valence-corrected chi connectivity index (χ0v) is 22.2. The Bertz CT molecular complexity index is 1050. The van der Waals surface area contributed by atoms with E-state index in [1.807, 2.05) is 12.1 Å². The molecule has 2 aromatic rings. The Balaban J connectivity index is 1.73. The molecule has 1 saturated carbocycles. The number of urea groups is 1. The lowest BCUT2D eigenvalue weighted by Gasteiger charge is -2.39. The van der Waals surface area contributed by atoms with Crippen molar-refractivity contribution in [3.63, 3.8) is 0 Å². The number of carbonyl (C=O) groups excluding carboxylic acids is 2. The van der Waals surface area contributed by atoms with Crippen LogP contribution in [0.25, 0.3) is 0 Å². The molecule has 3 rings (SSSR count). The number of rotatable bonds is 9. The number of carboxylic acid groups (broad SMARTS) is 1. The number of methoxy groups -OCH3 is 1. The summed E-state index contributed by atoms with van der Waals surface area (Å²) in [5.74, 6) is 0.357. The van der Waals surface area contributed by atoms with Gasteiger partial charge in [-0.05, 0) is 84.9 Å². The molecular weight excluding hydrogens is 470 g/mol. The van der Waals surface area contributed by atoms with Crippen LogP contribution in [0.15, 0.2) is 48.5 Å². The predicted molar refractivity (Wildman–Crippen MR) is 144 cm³/mol. The number of carbonyl (C=O) groups is 3. The van der Waals surface area contributed by atoms with Gasteiger partial charge in [0.15, 0.2) is 0 Å². The second kappa shape index (κ2) is 12.6. The van der Waals surface area contributed by atoms with Crippen molar-refractivity contribution in [2.45, 2.75) is 58.9 Å². The fraction of sp³-hybridized carbons (Fsp3) is 0.483. The van der Waals surface area contributed by atoms with Crippen molar-refractivity contribution in [2.24, 2.45) is 17.3 Å². The Morgan fingerprint density at radius 2 is 1.59 bits per heavy atom. The normalized spacial score (nSPS) is 18.4. The highest BCUT2D eigenvalue weighted by Gasteiger charge is 2.34. The van der Waals surface area contributed by atoms with Gasteiger partial charge in [0, 0.05) is 17.8 Å². The van der Waals surface area contributed by atoms with E-state index < -0.39 is 5.97 Å². The molecular formula is C29H39N3O5. The lowest BCUT2D eigenvalue weighted by Crippen LogP contribution is -2.38. The van der Waals surface area contributed by atoms with Crippen molar-refractivity contribution in [3.05, 3.63) is 59.7 Å². The third-order valence-electron chi connectivity index (χ3n) is 7.26. The van der Waals surface area contributed by atoms with Crippen LogP contribution >= 0.6 is 0 Å². The minimum absolute atomic E-state index is 0.0721. The maximum atomic E-state index is 13.0. The van der Waals surface area contributed by atoms with Gasteiger partial charge in [-0.3, -0.25) is 9.59 Å². The van der Waals surface area contributed by atoms with Gasteiger partial charge in [-0.25, -0.2) is 4.79 Å². The molecule has 2 aromatic carbocycles. The van der Waals surface area contributed by atoms with E-state index in [0.29, 0.717) is 22.9 Å². The Hall–Kier alpha value is -3.55. The van der Waals surface area contributed by atoms with Gasteiger partial charge in [-0.2, -0.15) is 0 Å². The van der Waals surface area contributed by atoms with Gasteiger partial charge in [-0.15, -0.1) is 0 Å². The molecule has 0 spiro atoms. The summed E-state index contributed by atoms with van der Waals surface area (Å²) in [6.45, 7) is 6.94. The highest BCUT2D eigenvalue weighted by Crippen LogP contribution is 2.43. The van der Waals surface area contributed by atoms with E-state index in [-0.39, 0.29) is 42.3 Å². The van der Waals surface area contributed by atoms with Crippen LogP contribution in [0.3, 0.4) is 0 Å². The molecule has 8 heteroatoms. The molecule has 0 aliphatic heterocycles. The molecule has 4 N–H and O–H groups in total. The highest BCUT2D eigenvalue weighted by atomic mass is 16.5. The molecule has 0 radical (unpaired) electrons. The number of anilines is 1. The zero-order valence-electron chi connectivity index (χ0n) is 22.2. The van der Waals surface area contributed by atoms with E-state index in [1.54, 1.807) is 43.5 Å². The predicted octanol–water partition coefficient (Wildman–Crippen LogP) is 5.62. The summed E-state index contributed by atoms with van der Waals surface area (Å²) < 4.78 is 5.18. The number of carboxylic acids is 1. The zero-order chi connectivity index (χ0) is 27.0. The third-order valence-corrected chi connectivity index (χ3v) is 7.26. The Morgan fingerprint density at radius 3 is 2.14 bits per heavy atom. The van der Waals surface area contributed by atoms with Crippen molar-refractivity contribution in [1.29, 1.82) is 0 Å². The average Bonchev–Trinajstić information content (AvgIpc) is 2.87. The van der Waals surface area contributed by atoms with Crippen LogP contribution in [0.4, 0.5) is 10.5 Å². The van der Waals surface area contributed by atoms with E-state index in [0.717, 1.165) is 31.2 Å². The number of aliphatic carboxylic acids is 1. The number of ether oxygens (including phenoxy) is 1. The van der Waals surface area contributed by atoms with Gasteiger partial charge in [-0.1, -0.05) is 32.9 Å². The van der Waals surface area contributed by atoms with Crippen molar-refractivity contribution in [3.8, 4) is 5.75 Å². The summed E-state index contributed by atoms with van der Waals surface area (Å²) in [5.41, 5.74) is 2.31. The van der Waals surface area contributed by atoms with Crippen LogP contribution in [-0.2, 0) is 4.79 Å². The van der Waals surface area contributed by atoms with Crippen molar-refractivity contribution >= 4 is 23.6 Å². The van der Waals surface area contributed by atoms with Crippen molar-refractivity contribution in [2.75, 3.05) is 19.0 Å². The number of nitrogens with one attached hydrogen (secondary N) is 3. The molecule has 1 aliphatic carbocycles. The number of benzene rings is 2. The summed E-state index contributed by atoms with van der Waals surface area (Å²) in [5, 5.41) is 17.5. The third kappa shape index (κ3) is 8.23. The van der Waals surface area contributed by atoms with Gasteiger partial charge >= 0.3 is 12.0 Å². The fourth-order valence-corrected chi connectivity index (χ4v) is 5.00. The number of amides is 3. The molecule has 1 aliphatic rings. The minimum atomic E-state index is -0.960. The maximum Gasteiger partial charge on any atom is 0.319 e. The summed E-state index contributed by atoms with van der Waals surface area (Å²) in [6.07, 6.45) is 4.10. The van der Waals surface area contributed by atoms with Crippen molar-refractivity contribution < 1.29 is 24.2 Å². The van der Waals surface area contributed by atoms with Crippen LogP contribution in [0.2, 0.25) is 0 Å². The minimum Gasteiger partial charge on any atom is -0.497 e. The monoisotopic (exact) mass is 509 g/mol. The van der Waals surface area contributed by atoms with Crippen molar-refractivity contribution in [1.82, 2.24) is 10.6 Å². The Morgan fingerprint density at radius 1 is 0.973 bits per heavy atom. The van der Waals surface area contributed by atoms with Gasteiger partial charge in [0.05, 0.1) is 19.6 Å². The molecule has 1 unspecified atom stereocenters. The summed E-state index contributed by atoms with van der Waals surface area (Å²) in [7, 11) is 1.60. The molecule has 0 aromatic heterocycles. The lowest BCUT2D eigenvalue weighted by molar-refractivity contribution is -0.136. The van der Waals surface area contributed by atoms with E-state index in [9.17, 15) is 14.4 Å². The van der Waals surface area contributed by atoms with Gasteiger partial charge in [0.2, 0.25) is 0 Å². The van der Waals surface area contributed by atoms with Gasteiger partial charge in [0.1, 0.15) is 5.75 Å². The largest absolute Gasteiger partial charge is 0.497 e. The highest BCUT2D eigenvalue weighted by molar-refractivity contribution is 5.94. The molecule has 1 atom stereocenters. The maximum absolute atomic E-state index is 13.0. The van der Waals surface area contributed by atoms with Crippen LogP contribution in [0.5, 0.6) is 5.75 Å². The van der Waals surface area contributed by atoms with Crippen LogP contribution in [0, 0.1) is 17.3 Å². The molecule has 0 saturated heterocycles. The number of hydrogen-bond donors (Lipinski definition) is 4. The van der Waals surface area contributed by atoms with Crippen LogP contribution < -0.4 is 20.7 Å². The average molecular weight is 510 g/mol. The second-order valence-electron chi connectivity index (χ2n) is 10.8. The van der Waals surface area contributed by atoms with E-state index in [4.69, 9.17) is 9.84 Å². The molecule has 0 heterocycles. The summed E-state index contributed by atoms with van der Waals surface area (Å²) in [4.78, 5) is 36.1. The smallest absolute Gasteiger partial charge is 0.319 e. The number of hydrogen-bond acceptors (Lipinski definition) is 4. The fourth-order valence-electron chi connectivity index (χ4n) is 5.00. The molecule has 1 fully saturated rings. The lowest BCUT2D eigenvalue weighted by atomic mass is 9.68. The Kier molecular flexibility index (Phi) is 9.55. The first kappa shape index (κ1) is 28.0. The first-order valence-electron chi connectivity index (χ1n) is 12.9. The second-order valence-corrected chi connectivity index (χ2v) is 10.8. The van der Waals surface area contributed by atoms with E-state index in [2.05, 4.69) is 36.7 Å². The summed E-state index contributed by atoms with van der Waals surface area (Å²) >= 11 is 0. The molecule has 0 bridgehead atoms. The SMILES string of the molecule is COc1ccc(NC(=O)NC(c2ccc(C(=O)NCCC(=O)O)cc2)C2CCC(C(C)(C)C)CC2)cc1. The van der Waals surface area contributed by atoms with E-state index >= 15 is 0 Å². The Labute approximate surface area is 219 Å². The van der Waals surface area contributed by atoms with E-state index in [1.165, 1.54) is 0 Å². The van der Waals surface area contributed by atoms with Crippen LogP contribution in [0.1, 0.15) is 74.8 Å². The quantitative estimate of drug-likeness (QED) is 0.350. The molecule has 200 valence electrons. The first-order valence-corrected chi connectivity index (χ1v) is 12.9. The molecule has 8 nitrogen and oxygen atoms in total. The first-order chi connectivity index (χ1) is 17.6. The molecule has 3 amide bonds. The van der Waals surface area contributed by atoms with Gasteiger partial charge < -0.3 is 25.8 Å². The molecule has 37 heavy (non-hydrogen) atoms. The summed E-state index contributed by atoms with van der Waals surface area (Å²) in [6, 6.07) is 13.9. The topological polar surface area (TPSA) is 117 Å². The van der Waals surface area contributed by atoms with Crippen LogP contribution in [-0.4, -0.2) is 36.7 Å². The standard InChI is InChI=1S/C29H39N3O5/c1-29(2,3)22-11-9-20(10-12-22)26(32-28(36)31-23-13-15-24(37-4)16-14-23)19-5-7-21(8-6-19)27(35)30-18-17-25(33)34/h5-8,13-16,20,22,26H,9-12,17-18H2,1-4H3,(H,30,35)(H,33,34)(H2,31,32,36).